The van der Waals surface area contributed by atoms with Crippen LogP contribution in [0.4, 0.5) is 0 Å². The van der Waals surface area contributed by atoms with Gasteiger partial charge in [0.1, 0.15) is 8.42 Å². The minimum atomic E-state index is -4.14. The van der Waals surface area contributed by atoms with Gasteiger partial charge in [-0.15, -0.1) is 11.3 Å². The maximum absolute atomic E-state index is 13.2. The van der Waals surface area contributed by atoms with E-state index in [4.69, 9.17) is 9.88 Å². The number of nitrogens with zero attached hydrogens (tertiary/aromatic N) is 3. The second kappa shape index (κ2) is 10.8. The Morgan fingerprint density at radius 3 is 2.52 bits per heavy atom. The van der Waals surface area contributed by atoms with Crippen LogP contribution < -0.4 is 5.14 Å². The van der Waals surface area contributed by atoms with Crippen LogP contribution in [-0.4, -0.2) is 89.7 Å². The number of sulfonamides is 2. The van der Waals surface area contributed by atoms with Crippen LogP contribution in [0.25, 0.3) is 0 Å². The van der Waals surface area contributed by atoms with Crippen molar-refractivity contribution in [3.63, 3.8) is 0 Å². The van der Waals surface area contributed by atoms with E-state index in [-0.39, 0.29) is 57.9 Å². The third kappa shape index (κ3) is 6.11. The summed E-state index contributed by atoms with van der Waals surface area (Å²) in [6.45, 7) is 5.71. The molecule has 0 aliphatic carbocycles. The van der Waals surface area contributed by atoms with Gasteiger partial charge in [-0.05, 0) is 19.4 Å². The second-order valence-electron chi connectivity index (χ2n) is 8.11. The highest BCUT2D eigenvalue weighted by molar-refractivity contribution is 7.94. The van der Waals surface area contributed by atoms with Gasteiger partial charge in [-0.25, -0.2) is 22.0 Å². The Morgan fingerprint density at radius 1 is 1.36 bits per heavy atom. The predicted octanol–water partition coefficient (Wildman–Crippen LogP) is 0.440. The molecule has 1 aromatic heterocycles. The Morgan fingerprint density at radius 2 is 2.00 bits per heavy atom. The summed E-state index contributed by atoms with van der Waals surface area (Å²) < 4.78 is 56.2. The average Bonchev–Trinajstić information content (AvgIpc) is 3.18. The molecule has 1 aliphatic rings. The van der Waals surface area contributed by atoms with Crippen molar-refractivity contribution in [3.05, 3.63) is 11.6 Å². The van der Waals surface area contributed by atoms with Gasteiger partial charge in [-0.2, -0.15) is 4.31 Å². The maximum atomic E-state index is 13.2. The number of carbonyl (C=O) groups is 2. The number of ether oxygens (including phenoxy) is 1. The molecule has 33 heavy (non-hydrogen) atoms. The van der Waals surface area contributed by atoms with Crippen LogP contribution in [0, 0.1) is 5.92 Å². The summed E-state index contributed by atoms with van der Waals surface area (Å²) in [5.74, 6) is -0.848. The van der Waals surface area contributed by atoms with Crippen molar-refractivity contribution in [2.45, 2.75) is 41.7 Å². The van der Waals surface area contributed by atoms with Crippen LogP contribution in [0.3, 0.4) is 0 Å². The molecular weight excluding hydrogens is 492 g/mol. The van der Waals surface area contributed by atoms with Gasteiger partial charge in [-0.3, -0.25) is 9.59 Å². The predicted molar refractivity (Wildman–Crippen MR) is 124 cm³/mol. The fourth-order valence-electron chi connectivity index (χ4n) is 3.69. The van der Waals surface area contributed by atoms with Gasteiger partial charge >= 0.3 is 0 Å². The number of hydrogen-bond acceptors (Lipinski definition) is 8. The van der Waals surface area contributed by atoms with Crippen molar-refractivity contribution in [1.29, 1.82) is 0 Å². The van der Waals surface area contributed by atoms with E-state index >= 15 is 0 Å². The van der Waals surface area contributed by atoms with Crippen LogP contribution in [-0.2, 0) is 34.4 Å². The molecule has 2 heterocycles. The lowest BCUT2D eigenvalue weighted by molar-refractivity contribution is -0.142. The van der Waals surface area contributed by atoms with Gasteiger partial charge < -0.3 is 14.5 Å². The molecule has 0 aromatic carbocycles. The Balaban J connectivity index is 2.49. The quantitative estimate of drug-likeness (QED) is 0.437. The molecule has 0 unspecified atom stereocenters. The maximum Gasteiger partial charge on any atom is 0.253 e. The van der Waals surface area contributed by atoms with Crippen molar-refractivity contribution < 1.29 is 31.2 Å². The molecule has 14 heteroatoms. The SMILES string of the molecule is CCN(C(=O)CN(C)C(=O)C(C)C)[C@H]1CN(CCCOC)S(=O)(=O)c2sc(S(N)(=O)=O)cc21. The summed E-state index contributed by atoms with van der Waals surface area (Å²) in [6.07, 6.45) is 0.427. The van der Waals surface area contributed by atoms with Gasteiger partial charge in [-0.1, -0.05) is 13.8 Å². The number of nitrogens with two attached hydrogens (primary N) is 1. The topological polar surface area (TPSA) is 147 Å². The molecule has 1 aliphatic heterocycles. The first-order valence-corrected chi connectivity index (χ1v) is 14.3. The summed E-state index contributed by atoms with van der Waals surface area (Å²) in [5.41, 5.74) is 0.222. The molecule has 0 radical (unpaired) electrons. The van der Waals surface area contributed by atoms with E-state index < -0.39 is 26.1 Å². The zero-order chi connectivity index (χ0) is 25.1. The standard InChI is InChI=1S/C19H32N4O7S3/c1-6-23(16(24)12-21(4)18(25)13(2)3)15-11-22(8-7-9-30-5)33(28,29)19-14(15)10-17(31-19)32(20,26)27/h10,13,15H,6-9,11-12H2,1-5H3,(H2,20,26,27)/t15-/m0/s1. The number of thiophene rings is 1. The Labute approximate surface area is 199 Å². The van der Waals surface area contributed by atoms with Crippen molar-refractivity contribution in [2.75, 3.05) is 46.9 Å². The summed E-state index contributed by atoms with van der Waals surface area (Å²) in [5, 5.41) is 5.26. The summed E-state index contributed by atoms with van der Waals surface area (Å²) in [4.78, 5) is 28.2. The molecule has 2 rings (SSSR count). The zero-order valence-electron chi connectivity index (χ0n) is 19.5. The van der Waals surface area contributed by atoms with Crippen LogP contribution in [0.1, 0.15) is 38.8 Å². The normalized spacial score (nSPS) is 18.2. The molecule has 188 valence electrons. The molecule has 2 amide bonds. The van der Waals surface area contributed by atoms with Gasteiger partial charge in [0.15, 0.2) is 0 Å². The zero-order valence-corrected chi connectivity index (χ0v) is 21.9. The van der Waals surface area contributed by atoms with Gasteiger partial charge in [0.25, 0.3) is 10.0 Å². The number of hydrogen-bond donors (Lipinski definition) is 1. The minimum absolute atomic E-state index is 0.0404. The Kier molecular flexibility index (Phi) is 9.04. The molecule has 2 N–H and O–H groups in total. The lowest BCUT2D eigenvalue weighted by atomic mass is 10.1. The first-order valence-electron chi connectivity index (χ1n) is 10.5. The number of primary sulfonamides is 1. The number of likely N-dealkylation sites (N-methyl/N-ethyl adjacent to an activating group) is 2. The third-order valence-electron chi connectivity index (χ3n) is 5.33. The van der Waals surface area contributed by atoms with E-state index in [1.54, 1.807) is 20.8 Å². The fourth-order valence-corrected chi connectivity index (χ4v) is 7.98. The first-order chi connectivity index (χ1) is 15.2. The largest absolute Gasteiger partial charge is 0.385 e. The molecule has 0 bridgehead atoms. The number of methoxy groups -OCH3 is 1. The van der Waals surface area contributed by atoms with E-state index in [2.05, 4.69) is 0 Å². The van der Waals surface area contributed by atoms with Gasteiger partial charge in [0.05, 0.1) is 12.6 Å². The molecule has 1 aromatic rings. The fraction of sp³-hybridized carbons (Fsp3) is 0.684. The Bertz CT molecular complexity index is 1080. The number of carbonyl (C=O) groups excluding carboxylic acids is 2. The molecule has 0 saturated carbocycles. The summed E-state index contributed by atoms with van der Waals surface area (Å²) >= 11 is 0.582. The number of rotatable bonds is 10. The van der Waals surface area contributed by atoms with Crippen LogP contribution in [0.15, 0.2) is 14.5 Å². The van der Waals surface area contributed by atoms with Gasteiger partial charge in [0.2, 0.25) is 21.8 Å². The highest BCUT2D eigenvalue weighted by Gasteiger charge is 2.43. The molecule has 0 spiro atoms. The Hall–Kier alpha value is -1.58. The number of fused-ring (bicyclic) bond motifs is 1. The second-order valence-corrected chi connectivity index (χ2v) is 13.1. The highest BCUT2D eigenvalue weighted by Crippen LogP contribution is 2.42. The van der Waals surface area contributed by atoms with Crippen molar-refractivity contribution in [2.24, 2.45) is 11.1 Å². The average molecular weight is 525 g/mol. The molecular formula is C19H32N4O7S3. The lowest BCUT2D eigenvalue weighted by Crippen LogP contribution is -2.49. The smallest absolute Gasteiger partial charge is 0.253 e. The van der Waals surface area contributed by atoms with Crippen molar-refractivity contribution in [3.8, 4) is 0 Å². The minimum Gasteiger partial charge on any atom is -0.385 e. The van der Waals surface area contributed by atoms with Crippen LogP contribution in [0.2, 0.25) is 0 Å². The van der Waals surface area contributed by atoms with E-state index in [0.29, 0.717) is 24.4 Å². The monoisotopic (exact) mass is 524 g/mol. The molecule has 0 fully saturated rings. The first kappa shape index (κ1) is 27.7. The van der Waals surface area contributed by atoms with E-state index in [0.717, 1.165) is 0 Å². The van der Waals surface area contributed by atoms with Crippen molar-refractivity contribution in [1.82, 2.24) is 14.1 Å². The summed E-state index contributed by atoms with van der Waals surface area (Å²) in [7, 11) is -5.08. The van der Waals surface area contributed by atoms with E-state index in [9.17, 15) is 26.4 Å². The summed E-state index contributed by atoms with van der Waals surface area (Å²) in [6, 6.07) is 0.515. The molecule has 0 saturated heterocycles. The van der Waals surface area contributed by atoms with Crippen LogP contribution in [0.5, 0.6) is 0 Å². The van der Waals surface area contributed by atoms with Gasteiger partial charge in [0, 0.05) is 51.9 Å². The van der Waals surface area contributed by atoms with Crippen molar-refractivity contribution >= 4 is 43.2 Å². The molecule has 11 nitrogen and oxygen atoms in total. The highest BCUT2D eigenvalue weighted by atomic mass is 32.3. The molecule has 1 atom stereocenters. The number of amides is 2. The van der Waals surface area contributed by atoms with E-state index in [1.165, 1.54) is 34.3 Å². The van der Waals surface area contributed by atoms with E-state index in [1.807, 2.05) is 0 Å². The third-order valence-corrected chi connectivity index (χ3v) is 10.3. The lowest BCUT2D eigenvalue weighted by Gasteiger charge is -2.39. The van der Waals surface area contributed by atoms with Crippen LogP contribution >= 0.6 is 11.3 Å².